The predicted molar refractivity (Wildman–Crippen MR) is 74.6 cm³/mol. The van der Waals surface area contributed by atoms with Crippen LogP contribution in [0.3, 0.4) is 0 Å². The van der Waals surface area contributed by atoms with Crippen molar-refractivity contribution in [2.75, 3.05) is 5.43 Å². The van der Waals surface area contributed by atoms with Gasteiger partial charge in [0.15, 0.2) is 0 Å². The Morgan fingerprint density at radius 1 is 1.50 bits per heavy atom. The van der Waals surface area contributed by atoms with Crippen LogP contribution in [0.4, 0.5) is 5.69 Å². The fraction of sp³-hybridized carbons (Fsp3) is 0.385. The zero-order chi connectivity index (χ0) is 13.7. The van der Waals surface area contributed by atoms with Crippen molar-refractivity contribution in [3.05, 3.63) is 28.8 Å². The van der Waals surface area contributed by atoms with Gasteiger partial charge in [-0.1, -0.05) is 25.4 Å². The maximum Gasteiger partial charge on any atom is 0.337 e. The molecule has 0 unspecified atom stereocenters. The Morgan fingerprint density at radius 3 is 2.72 bits per heavy atom. The molecule has 0 aliphatic heterocycles. The van der Waals surface area contributed by atoms with E-state index in [0.717, 1.165) is 12.1 Å². The first-order valence-corrected chi connectivity index (χ1v) is 6.10. The number of aromatic carboxylic acids is 1. The number of halogens is 1. The van der Waals surface area contributed by atoms with Crippen molar-refractivity contribution in [1.29, 1.82) is 0 Å². The second kappa shape index (κ2) is 6.40. The molecular formula is C13H17ClN2O2. The summed E-state index contributed by atoms with van der Waals surface area (Å²) in [5.41, 5.74) is 4.49. The van der Waals surface area contributed by atoms with Gasteiger partial charge in [0, 0.05) is 5.71 Å². The van der Waals surface area contributed by atoms with Crippen molar-refractivity contribution in [1.82, 2.24) is 0 Å². The van der Waals surface area contributed by atoms with Crippen molar-refractivity contribution in [2.45, 2.75) is 27.2 Å². The van der Waals surface area contributed by atoms with Crippen LogP contribution in [0.25, 0.3) is 0 Å². The average molecular weight is 269 g/mol. The van der Waals surface area contributed by atoms with Crippen LogP contribution in [0, 0.1) is 5.92 Å². The lowest BCUT2D eigenvalue weighted by atomic mass is 10.1. The molecule has 0 amide bonds. The normalized spacial score (nSPS) is 11.7. The average Bonchev–Trinajstić information content (AvgIpc) is 2.26. The first-order chi connectivity index (χ1) is 8.40. The van der Waals surface area contributed by atoms with Crippen molar-refractivity contribution in [2.24, 2.45) is 11.0 Å². The summed E-state index contributed by atoms with van der Waals surface area (Å²) in [4.78, 5) is 10.9. The second-order valence-electron chi connectivity index (χ2n) is 4.56. The topological polar surface area (TPSA) is 61.7 Å². The molecule has 18 heavy (non-hydrogen) atoms. The van der Waals surface area contributed by atoms with Gasteiger partial charge in [-0.2, -0.15) is 5.10 Å². The third kappa shape index (κ3) is 4.37. The molecule has 0 fully saturated rings. The summed E-state index contributed by atoms with van der Waals surface area (Å²) in [5, 5.41) is 13.4. The van der Waals surface area contributed by atoms with Gasteiger partial charge in [-0.25, -0.2) is 4.79 Å². The predicted octanol–water partition coefficient (Wildman–Crippen LogP) is 3.87. The lowest BCUT2D eigenvalue weighted by Crippen LogP contribution is -2.03. The third-order valence-corrected chi connectivity index (χ3v) is 2.61. The molecule has 1 aromatic carbocycles. The summed E-state index contributed by atoms with van der Waals surface area (Å²) in [7, 11) is 0. The molecule has 0 aromatic heterocycles. The lowest BCUT2D eigenvalue weighted by Gasteiger charge is -2.07. The van der Waals surface area contributed by atoms with Gasteiger partial charge in [0.25, 0.3) is 0 Å². The highest BCUT2D eigenvalue weighted by Gasteiger charge is 2.09. The van der Waals surface area contributed by atoms with E-state index in [4.69, 9.17) is 16.7 Å². The van der Waals surface area contributed by atoms with Gasteiger partial charge in [-0.05, 0) is 37.5 Å². The largest absolute Gasteiger partial charge is 0.478 e. The van der Waals surface area contributed by atoms with Crippen LogP contribution in [0.15, 0.2) is 23.3 Å². The van der Waals surface area contributed by atoms with Crippen LogP contribution < -0.4 is 5.43 Å². The van der Waals surface area contributed by atoms with E-state index in [9.17, 15) is 4.79 Å². The van der Waals surface area contributed by atoms with E-state index < -0.39 is 5.97 Å². The molecule has 98 valence electrons. The van der Waals surface area contributed by atoms with Crippen LogP contribution >= 0.6 is 11.6 Å². The number of anilines is 1. The van der Waals surface area contributed by atoms with E-state index >= 15 is 0 Å². The van der Waals surface area contributed by atoms with E-state index in [1.54, 1.807) is 12.1 Å². The Kier molecular flexibility index (Phi) is 5.16. The number of carboxylic acid groups (broad SMARTS) is 1. The van der Waals surface area contributed by atoms with Crippen LogP contribution in [-0.4, -0.2) is 16.8 Å². The van der Waals surface area contributed by atoms with Crippen LogP contribution in [0.5, 0.6) is 0 Å². The highest BCUT2D eigenvalue weighted by molar-refractivity contribution is 6.33. The fourth-order valence-corrected chi connectivity index (χ4v) is 1.75. The Labute approximate surface area is 112 Å². The molecule has 0 aliphatic rings. The zero-order valence-corrected chi connectivity index (χ0v) is 11.5. The Hall–Kier alpha value is -1.55. The number of nitrogens with zero attached hydrogens (tertiary/aromatic N) is 1. The Bertz CT molecular complexity index is 470. The first-order valence-electron chi connectivity index (χ1n) is 5.72. The van der Waals surface area contributed by atoms with Crippen molar-refractivity contribution < 1.29 is 9.90 Å². The molecule has 1 rings (SSSR count). The number of rotatable bonds is 5. The smallest absolute Gasteiger partial charge is 0.337 e. The van der Waals surface area contributed by atoms with E-state index in [1.165, 1.54) is 6.07 Å². The maximum atomic E-state index is 10.9. The molecule has 0 heterocycles. The second-order valence-corrected chi connectivity index (χ2v) is 4.96. The minimum Gasteiger partial charge on any atom is -0.478 e. The van der Waals surface area contributed by atoms with Gasteiger partial charge in [0.2, 0.25) is 0 Å². The maximum absolute atomic E-state index is 10.9. The highest BCUT2D eigenvalue weighted by Crippen LogP contribution is 2.20. The number of benzene rings is 1. The quantitative estimate of drug-likeness (QED) is 0.629. The Morgan fingerprint density at radius 2 is 2.17 bits per heavy atom. The molecule has 0 saturated carbocycles. The molecule has 4 nitrogen and oxygen atoms in total. The number of hydrogen-bond acceptors (Lipinski definition) is 3. The molecular weight excluding hydrogens is 252 g/mol. The van der Waals surface area contributed by atoms with Gasteiger partial charge in [-0.3, -0.25) is 5.43 Å². The highest BCUT2D eigenvalue weighted by atomic mass is 35.5. The molecule has 2 N–H and O–H groups in total. The monoisotopic (exact) mass is 268 g/mol. The van der Waals surface area contributed by atoms with Gasteiger partial charge < -0.3 is 5.11 Å². The van der Waals surface area contributed by atoms with Crippen LogP contribution in [0.1, 0.15) is 37.6 Å². The molecule has 1 aromatic rings. The number of nitrogens with one attached hydrogen (secondary N) is 1. The molecule has 0 bridgehead atoms. The summed E-state index contributed by atoms with van der Waals surface area (Å²) in [6, 6.07) is 4.71. The fourth-order valence-electron chi connectivity index (χ4n) is 1.56. The molecule has 0 saturated heterocycles. The summed E-state index contributed by atoms with van der Waals surface area (Å²) < 4.78 is 0. The van der Waals surface area contributed by atoms with Crippen LogP contribution in [0.2, 0.25) is 5.02 Å². The standard InChI is InChI=1S/C13H17ClN2O2/c1-8(2)6-9(3)15-16-10-4-5-12(14)11(7-10)13(17)18/h4-5,7-8,16H,6H2,1-3H3,(H,17,18). The van der Waals surface area contributed by atoms with E-state index in [2.05, 4.69) is 24.4 Å². The van der Waals surface area contributed by atoms with Gasteiger partial charge in [0.1, 0.15) is 0 Å². The SMILES string of the molecule is CC(CC(C)C)=NNc1ccc(Cl)c(C(=O)O)c1. The van der Waals surface area contributed by atoms with Crippen molar-refractivity contribution in [3.63, 3.8) is 0 Å². The van der Waals surface area contributed by atoms with Crippen LogP contribution in [-0.2, 0) is 0 Å². The summed E-state index contributed by atoms with van der Waals surface area (Å²) in [5.74, 6) is -0.512. The number of carbonyl (C=O) groups is 1. The molecule has 0 aliphatic carbocycles. The van der Waals surface area contributed by atoms with E-state index in [0.29, 0.717) is 11.6 Å². The van der Waals surface area contributed by atoms with Gasteiger partial charge >= 0.3 is 5.97 Å². The molecule has 0 atom stereocenters. The summed E-state index contributed by atoms with van der Waals surface area (Å²) in [6.07, 6.45) is 0.895. The third-order valence-electron chi connectivity index (χ3n) is 2.28. The van der Waals surface area contributed by atoms with Gasteiger partial charge in [-0.15, -0.1) is 0 Å². The number of hydrazone groups is 1. The molecule has 5 heteroatoms. The van der Waals surface area contributed by atoms with E-state index in [-0.39, 0.29) is 10.6 Å². The summed E-state index contributed by atoms with van der Waals surface area (Å²) in [6.45, 7) is 6.16. The zero-order valence-electron chi connectivity index (χ0n) is 10.7. The minimum atomic E-state index is -1.05. The van der Waals surface area contributed by atoms with Crippen molar-refractivity contribution >= 4 is 29.0 Å². The number of carboxylic acids is 1. The Balaban J connectivity index is 2.80. The molecule has 0 spiro atoms. The van der Waals surface area contributed by atoms with E-state index in [1.807, 2.05) is 6.92 Å². The van der Waals surface area contributed by atoms with Gasteiger partial charge in [0.05, 0.1) is 16.3 Å². The minimum absolute atomic E-state index is 0.0679. The molecule has 0 radical (unpaired) electrons. The first kappa shape index (κ1) is 14.5. The van der Waals surface area contributed by atoms with Crippen molar-refractivity contribution in [3.8, 4) is 0 Å². The number of hydrogen-bond donors (Lipinski definition) is 2. The summed E-state index contributed by atoms with van der Waals surface area (Å²) >= 11 is 5.78. The lowest BCUT2D eigenvalue weighted by molar-refractivity contribution is 0.0697.